The van der Waals surface area contributed by atoms with Crippen molar-refractivity contribution in [2.45, 2.75) is 12.3 Å². The lowest BCUT2D eigenvalue weighted by Crippen LogP contribution is -2.35. The van der Waals surface area contributed by atoms with Gasteiger partial charge in [0.1, 0.15) is 6.54 Å². The Balaban J connectivity index is 2.21. The number of hydrogen-bond donors (Lipinski definition) is 0. The molecule has 0 bridgehead atoms. The van der Waals surface area contributed by atoms with Gasteiger partial charge in [-0.25, -0.2) is 8.42 Å². The molecule has 0 aromatic heterocycles. The number of benzene rings is 2. The van der Waals surface area contributed by atoms with Crippen LogP contribution in [0.15, 0.2) is 48.5 Å². The average Bonchev–Trinajstić information content (AvgIpc) is 2.61. The molecule has 0 atom stereocenters. The predicted octanol–water partition coefficient (Wildman–Crippen LogP) is 2.70. The topological polar surface area (TPSA) is 80.8 Å². The molecule has 1 amide bonds. The molecule has 0 aliphatic rings. The summed E-state index contributed by atoms with van der Waals surface area (Å²) in [4.78, 5) is 25.9. The van der Waals surface area contributed by atoms with Crippen LogP contribution in [0, 0.1) is 0 Å². The van der Waals surface area contributed by atoms with Crippen molar-refractivity contribution < 1.29 is 22.7 Å². The van der Waals surface area contributed by atoms with E-state index in [1.807, 2.05) is 0 Å². The zero-order chi connectivity index (χ0) is 20.0. The van der Waals surface area contributed by atoms with Crippen LogP contribution in [0.4, 0.5) is 0 Å². The second kappa shape index (κ2) is 9.01. The maximum atomic E-state index is 12.8. The lowest BCUT2D eigenvalue weighted by molar-refractivity contribution is -0.141. The second-order valence-electron chi connectivity index (χ2n) is 6.13. The Morgan fingerprint density at radius 1 is 1.00 bits per heavy atom. The predicted molar refractivity (Wildman–Crippen MR) is 103 cm³/mol. The summed E-state index contributed by atoms with van der Waals surface area (Å²) in [6.45, 7) is -0.000751. The molecule has 2 aromatic rings. The van der Waals surface area contributed by atoms with Crippen molar-refractivity contribution >= 4 is 33.3 Å². The number of carbonyl (C=O) groups excluding carboxylic acids is 2. The number of rotatable bonds is 7. The maximum absolute atomic E-state index is 12.8. The van der Waals surface area contributed by atoms with E-state index >= 15 is 0 Å². The Bertz CT molecular complexity index is 908. The average molecular weight is 410 g/mol. The van der Waals surface area contributed by atoms with Gasteiger partial charge in [-0.1, -0.05) is 35.9 Å². The molecule has 0 N–H and O–H groups in total. The summed E-state index contributed by atoms with van der Waals surface area (Å²) in [5.74, 6) is -0.995. The number of esters is 1. The molecular weight excluding hydrogens is 390 g/mol. The summed E-state index contributed by atoms with van der Waals surface area (Å²) in [6, 6.07) is 13.2. The third-order valence-electron chi connectivity index (χ3n) is 3.75. The molecule has 0 saturated heterocycles. The van der Waals surface area contributed by atoms with Crippen molar-refractivity contribution in [1.29, 1.82) is 0 Å². The normalized spacial score (nSPS) is 11.1. The molecule has 27 heavy (non-hydrogen) atoms. The monoisotopic (exact) mass is 409 g/mol. The van der Waals surface area contributed by atoms with E-state index in [1.54, 1.807) is 48.5 Å². The molecule has 0 heterocycles. The number of methoxy groups -OCH3 is 1. The van der Waals surface area contributed by atoms with Gasteiger partial charge in [-0.3, -0.25) is 9.59 Å². The minimum atomic E-state index is -3.16. The zero-order valence-electron chi connectivity index (χ0n) is 15.0. The Morgan fingerprint density at radius 3 is 2.07 bits per heavy atom. The summed E-state index contributed by atoms with van der Waals surface area (Å²) in [6.07, 6.45) is 1.15. The van der Waals surface area contributed by atoms with Crippen LogP contribution in [0.2, 0.25) is 5.02 Å². The molecule has 0 aliphatic heterocycles. The molecule has 0 aliphatic carbocycles. The third kappa shape index (κ3) is 6.69. The zero-order valence-corrected chi connectivity index (χ0v) is 16.6. The fourth-order valence-corrected chi connectivity index (χ4v) is 3.38. The Morgan fingerprint density at radius 2 is 1.56 bits per heavy atom. The van der Waals surface area contributed by atoms with Gasteiger partial charge in [0, 0.05) is 23.4 Å². The molecule has 0 saturated carbocycles. The lowest BCUT2D eigenvalue weighted by atomic mass is 10.1. The number of amides is 1. The van der Waals surface area contributed by atoms with Crippen molar-refractivity contribution in [1.82, 2.24) is 4.90 Å². The van der Waals surface area contributed by atoms with Gasteiger partial charge in [-0.05, 0) is 35.4 Å². The summed E-state index contributed by atoms with van der Waals surface area (Å²) in [5, 5.41) is 0.575. The first-order valence-electron chi connectivity index (χ1n) is 8.05. The summed E-state index contributed by atoms with van der Waals surface area (Å²) >= 11 is 5.88. The first-order valence-corrected chi connectivity index (χ1v) is 10.5. The van der Waals surface area contributed by atoms with Gasteiger partial charge in [0.05, 0.1) is 12.9 Å². The molecule has 2 aromatic carbocycles. The standard InChI is InChI=1S/C19H20ClNO5S/c1-26-18(22)12-21(11-14-5-9-17(20)10-6-14)19(23)16-7-3-15(4-8-16)13-27(2,24)25/h3-10H,11-13H2,1-2H3. The van der Waals surface area contributed by atoms with Crippen molar-refractivity contribution in [3.63, 3.8) is 0 Å². The van der Waals surface area contributed by atoms with Crippen molar-refractivity contribution in [2.75, 3.05) is 19.9 Å². The number of halogens is 1. The number of sulfone groups is 1. The van der Waals surface area contributed by atoms with Crippen LogP contribution in [-0.2, 0) is 31.7 Å². The first-order chi connectivity index (χ1) is 12.7. The van der Waals surface area contributed by atoms with Crippen LogP contribution >= 0.6 is 11.6 Å². The minimum absolute atomic E-state index is 0.0991. The number of hydrogen-bond acceptors (Lipinski definition) is 5. The number of carbonyl (C=O) groups is 2. The van der Waals surface area contributed by atoms with Crippen LogP contribution in [0.1, 0.15) is 21.5 Å². The molecule has 0 unspecified atom stereocenters. The van der Waals surface area contributed by atoms with E-state index in [1.165, 1.54) is 12.0 Å². The van der Waals surface area contributed by atoms with E-state index in [0.717, 1.165) is 11.8 Å². The van der Waals surface area contributed by atoms with Gasteiger partial charge in [-0.15, -0.1) is 0 Å². The van der Waals surface area contributed by atoms with E-state index in [-0.39, 0.29) is 24.7 Å². The van der Waals surface area contributed by atoms with Crippen LogP contribution in [0.3, 0.4) is 0 Å². The highest BCUT2D eigenvalue weighted by Crippen LogP contribution is 2.15. The molecular formula is C19H20ClNO5S. The van der Waals surface area contributed by atoms with Gasteiger partial charge in [-0.2, -0.15) is 0 Å². The molecule has 144 valence electrons. The molecule has 0 fully saturated rings. The Kier molecular flexibility index (Phi) is 6.98. The summed E-state index contributed by atoms with van der Waals surface area (Å²) in [5.41, 5.74) is 1.75. The fourth-order valence-electron chi connectivity index (χ4n) is 2.46. The second-order valence-corrected chi connectivity index (χ2v) is 8.71. The first kappa shape index (κ1) is 20.9. The van der Waals surface area contributed by atoms with Crippen LogP contribution in [-0.4, -0.2) is 45.1 Å². The van der Waals surface area contributed by atoms with Gasteiger partial charge in [0.25, 0.3) is 5.91 Å². The van der Waals surface area contributed by atoms with E-state index < -0.39 is 15.8 Å². The molecule has 8 heteroatoms. The van der Waals surface area contributed by atoms with Crippen molar-refractivity contribution in [3.05, 3.63) is 70.2 Å². The van der Waals surface area contributed by atoms with E-state index in [4.69, 9.17) is 11.6 Å². The summed E-state index contributed by atoms with van der Waals surface area (Å²) < 4.78 is 27.4. The van der Waals surface area contributed by atoms with E-state index in [9.17, 15) is 18.0 Å². The van der Waals surface area contributed by atoms with Crippen molar-refractivity contribution in [3.8, 4) is 0 Å². The highest BCUT2D eigenvalue weighted by Gasteiger charge is 2.20. The lowest BCUT2D eigenvalue weighted by Gasteiger charge is -2.22. The van der Waals surface area contributed by atoms with Crippen LogP contribution < -0.4 is 0 Å². The minimum Gasteiger partial charge on any atom is -0.468 e. The number of nitrogens with zero attached hydrogens (tertiary/aromatic N) is 1. The smallest absolute Gasteiger partial charge is 0.325 e. The highest BCUT2D eigenvalue weighted by molar-refractivity contribution is 7.89. The largest absolute Gasteiger partial charge is 0.468 e. The molecule has 0 radical (unpaired) electrons. The maximum Gasteiger partial charge on any atom is 0.325 e. The van der Waals surface area contributed by atoms with Gasteiger partial charge >= 0.3 is 5.97 Å². The van der Waals surface area contributed by atoms with Crippen LogP contribution in [0.5, 0.6) is 0 Å². The van der Waals surface area contributed by atoms with Crippen molar-refractivity contribution in [2.24, 2.45) is 0 Å². The highest BCUT2D eigenvalue weighted by atomic mass is 35.5. The molecule has 2 rings (SSSR count). The number of ether oxygens (including phenoxy) is 1. The SMILES string of the molecule is COC(=O)CN(Cc1ccc(Cl)cc1)C(=O)c1ccc(CS(C)(=O)=O)cc1. The summed E-state index contributed by atoms with van der Waals surface area (Å²) in [7, 11) is -1.90. The van der Waals surface area contributed by atoms with Crippen LogP contribution in [0.25, 0.3) is 0 Å². The van der Waals surface area contributed by atoms with E-state index in [2.05, 4.69) is 4.74 Å². The van der Waals surface area contributed by atoms with Gasteiger partial charge < -0.3 is 9.64 Å². The van der Waals surface area contributed by atoms with Gasteiger partial charge in [0.15, 0.2) is 9.84 Å². The fraction of sp³-hybridized carbons (Fsp3) is 0.263. The molecule has 0 spiro atoms. The van der Waals surface area contributed by atoms with Gasteiger partial charge in [0.2, 0.25) is 0 Å². The third-order valence-corrected chi connectivity index (χ3v) is 4.86. The van der Waals surface area contributed by atoms with E-state index in [0.29, 0.717) is 16.1 Å². The Labute approximate surface area is 163 Å². The Hall–Kier alpha value is -2.38. The molecule has 6 nitrogen and oxygen atoms in total. The quantitative estimate of drug-likeness (QED) is 0.657.